The smallest absolute Gasteiger partial charge is 0.0971 e. The second-order valence-corrected chi connectivity index (χ2v) is 12.3. The molecule has 222 valence electrons. The predicted molar refractivity (Wildman–Crippen MR) is 199 cm³/mol. The van der Waals surface area contributed by atoms with Crippen LogP contribution in [-0.4, -0.2) is 19.9 Å². The number of aromatic nitrogens is 4. The van der Waals surface area contributed by atoms with Gasteiger partial charge in [0.25, 0.3) is 0 Å². The molecule has 4 nitrogen and oxygen atoms in total. The van der Waals surface area contributed by atoms with E-state index < -0.39 is 0 Å². The number of rotatable bonds is 3. The summed E-state index contributed by atoms with van der Waals surface area (Å²) in [5, 5.41) is 9.25. The van der Waals surface area contributed by atoms with Crippen molar-refractivity contribution in [2.45, 2.75) is 0 Å². The minimum Gasteiger partial charge on any atom is -0.252 e. The highest BCUT2D eigenvalue weighted by Crippen LogP contribution is 2.38. The van der Waals surface area contributed by atoms with Crippen LogP contribution in [0.5, 0.6) is 0 Å². The van der Waals surface area contributed by atoms with Crippen molar-refractivity contribution in [2.75, 3.05) is 0 Å². The molecule has 48 heavy (non-hydrogen) atoms. The Balaban J connectivity index is 1.08. The van der Waals surface area contributed by atoms with E-state index in [-0.39, 0.29) is 0 Å². The zero-order chi connectivity index (χ0) is 31.6. The van der Waals surface area contributed by atoms with E-state index in [1.807, 2.05) is 0 Å². The highest BCUT2D eigenvalue weighted by atomic mass is 14.8. The van der Waals surface area contributed by atoms with Crippen molar-refractivity contribution < 1.29 is 0 Å². The molecule has 0 N–H and O–H groups in total. The predicted octanol–water partition coefficient (Wildman–Crippen LogP) is 11.2. The molecular weight excluding hydrogens is 585 g/mol. The summed E-state index contributed by atoms with van der Waals surface area (Å²) in [5.74, 6) is 0. The van der Waals surface area contributed by atoms with Crippen molar-refractivity contribution in [3.05, 3.63) is 158 Å². The molecule has 0 saturated heterocycles. The van der Waals surface area contributed by atoms with Crippen molar-refractivity contribution in [2.24, 2.45) is 0 Å². The lowest BCUT2D eigenvalue weighted by Gasteiger charge is -2.12. The largest absolute Gasteiger partial charge is 0.252 e. The molecule has 0 radical (unpaired) electrons. The van der Waals surface area contributed by atoms with Gasteiger partial charge >= 0.3 is 0 Å². The third kappa shape index (κ3) is 4.10. The fourth-order valence-electron chi connectivity index (χ4n) is 7.38. The van der Waals surface area contributed by atoms with Crippen LogP contribution in [0.25, 0.3) is 98.5 Å². The summed E-state index contributed by atoms with van der Waals surface area (Å²) in [6.45, 7) is 0. The first-order valence-electron chi connectivity index (χ1n) is 16.1. The molecule has 0 bridgehead atoms. The van der Waals surface area contributed by atoms with Crippen molar-refractivity contribution >= 4 is 65.2 Å². The van der Waals surface area contributed by atoms with Crippen LogP contribution in [0.2, 0.25) is 0 Å². The number of benzene rings is 8. The molecule has 0 aliphatic heterocycles. The summed E-state index contributed by atoms with van der Waals surface area (Å²) in [4.78, 5) is 19.0. The zero-order valence-electron chi connectivity index (χ0n) is 25.8. The number of hydrogen-bond donors (Lipinski definition) is 0. The monoisotopic (exact) mass is 610 g/mol. The summed E-state index contributed by atoms with van der Waals surface area (Å²) in [6, 6.07) is 47.9. The van der Waals surface area contributed by atoms with Gasteiger partial charge in [0.15, 0.2) is 0 Å². The first-order chi connectivity index (χ1) is 23.8. The van der Waals surface area contributed by atoms with Gasteiger partial charge in [-0.05, 0) is 79.2 Å². The Morgan fingerprint density at radius 2 is 0.542 bits per heavy atom. The molecule has 2 heterocycles. The molecule has 8 aromatic carbocycles. The molecule has 0 unspecified atom stereocenters. The molecule has 0 amide bonds. The normalized spacial score (nSPS) is 11.8. The average molecular weight is 611 g/mol. The molecule has 10 aromatic rings. The summed E-state index contributed by atoms with van der Waals surface area (Å²) in [6.07, 6.45) is 7.12. The number of nitrogens with zero attached hydrogens (tertiary/aromatic N) is 4. The van der Waals surface area contributed by atoms with E-state index in [1.54, 1.807) is 24.8 Å². The van der Waals surface area contributed by atoms with E-state index in [0.29, 0.717) is 0 Å². The maximum absolute atomic E-state index is 4.78. The third-order valence-corrected chi connectivity index (χ3v) is 9.62. The van der Waals surface area contributed by atoms with Crippen LogP contribution < -0.4 is 0 Å². The fraction of sp³-hybridized carbons (Fsp3) is 0. The lowest BCUT2D eigenvalue weighted by Crippen LogP contribution is -1.90. The fourth-order valence-corrected chi connectivity index (χ4v) is 7.38. The molecule has 0 fully saturated rings. The highest BCUT2D eigenvalue weighted by molar-refractivity contribution is 6.24. The number of fused-ring (bicyclic) bond motifs is 12. The third-order valence-electron chi connectivity index (χ3n) is 9.62. The Morgan fingerprint density at radius 3 is 0.938 bits per heavy atom. The van der Waals surface area contributed by atoms with E-state index in [4.69, 9.17) is 19.9 Å². The van der Waals surface area contributed by atoms with Gasteiger partial charge in [-0.25, -0.2) is 0 Å². The Bertz CT molecular complexity index is 2640. The maximum atomic E-state index is 4.78. The van der Waals surface area contributed by atoms with Crippen LogP contribution in [0.4, 0.5) is 0 Å². The summed E-state index contributed by atoms with van der Waals surface area (Å²) in [5.41, 5.74) is 10.7. The molecule has 0 spiro atoms. The van der Waals surface area contributed by atoms with Crippen LogP contribution in [0, 0.1) is 0 Å². The van der Waals surface area contributed by atoms with Crippen molar-refractivity contribution in [3.63, 3.8) is 0 Å². The topological polar surface area (TPSA) is 51.6 Å². The van der Waals surface area contributed by atoms with Crippen molar-refractivity contribution in [1.82, 2.24) is 19.9 Å². The maximum Gasteiger partial charge on any atom is 0.0971 e. The molecule has 10 rings (SSSR count). The van der Waals surface area contributed by atoms with Crippen LogP contribution in [0.15, 0.2) is 158 Å². The highest BCUT2D eigenvalue weighted by Gasteiger charge is 2.14. The van der Waals surface area contributed by atoms with Crippen molar-refractivity contribution in [3.8, 4) is 33.4 Å². The summed E-state index contributed by atoms with van der Waals surface area (Å²) in [7, 11) is 0. The van der Waals surface area contributed by atoms with Gasteiger partial charge in [0.05, 0.1) is 22.1 Å². The van der Waals surface area contributed by atoms with Gasteiger partial charge in [0.2, 0.25) is 0 Å². The van der Waals surface area contributed by atoms with Gasteiger partial charge in [-0.15, -0.1) is 0 Å². The number of hydrogen-bond acceptors (Lipinski definition) is 4. The Labute approximate surface area is 276 Å². The van der Waals surface area contributed by atoms with E-state index in [0.717, 1.165) is 65.9 Å². The molecule has 4 heteroatoms. The zero-order valence-corrected chi connectivity index (χ0v) is 25.8. The molecule has 2 aromatic heterocycles. The SMILES string of the molecule is c1cc(-c2cccc(-c3ccc4c5ccccc5c5nccnc5c4c3)c2)cc(-c2ccc3c4ccccc4c4nccnc4c3c2)c1. The van der Waals surface area contributed by atoms with E-state index in [2.05, 4.69) is 133 Å². The molecule has 0 atom stereocenters. The molecule has 0 saturated carbocycles. The van der Waals surface area contributed by atoms with Gasteiger partial charge in [0, 0.05) is 46.3 Å². The van der Waals surface area contributed by atoms with Gasteiger partial charge in [0.1, 0.15) is 0 Å². The van der Waals surface area contributed by atoms with E-state index in [9.17, 15) is 0 Å². The van der Waals surface area contributed by atoms with E-state index in [1.165, 1.54) is 32.7 Å². The van der Waals surface area contributed by atoms with Gasteiger partial charge in [-0.3, -0.25) is 19.9 Å². The molecule has 0 aliphatic rings. The Hall–Kier alpha value is -6.52. The van der Waals surface area contributed by atoms with Crippen LogP contribution in [0.3, 0.4) is 0 Å². The van der Waals surface area contributed by atoms with Crippen LogP contribution >= 0.6 is 0 Å². The Morgan fingerprint density at radius 1 is 0.229 bits per heavy atom. The van der Waals surface area contributed by atoms with Gasteiger partial charge in [-0.2, -0.15) is 0 Å². The lowest BCUT2D eigenvalue weighted by molar-refractivity contribution is 1.31. The average Bonchev–Trinajstić information content (AvgIpc) is 3.18. The van der Waals surface area contributed by atoms with Gasteiger partial charge in [-0.1, -0.05) is 109 Å². The minimum absolute atomic E-state index is 0.930. The molecule has 0 aliphatic carbocycles. The standard InChI is InChI=1S/C44H26N4/c1-3-13-37-33(11-1)35-17-15-31(25-39(35)43-41(37)45-19-21-47-43)29-9-5-7-27(23-29)28-8-6-10-30(24-28)32-16-18-36-34-12-2-4-14-38(34)42-44(40(36)26-32)48-22-20-46-42/h1-26H. The van der Waals surface area contributed by atoms with Gasteiger partial charge < -0.3 is 0 Å². The summed E-state index contributed by atoms with van der Waals surface area (Å²) < 4.78 is 0. The van der Waals surface area contributed by atoms with E-state index >= 15 is 0 Å². The molecular formula is C44H26N4. The second kappa shape index (κ2) is 10.5. The quantitative estimate of drug-likeness (QED) is 0.187. The minimum atomic E-state index is 0.930. The van der Waals surface area contributed by atoms with Crippen molar-refractivity contribution in [1.29, 1.82) is 0 Å². The second-order valence-electron chi connectivity index (χ2n) is 12.3. The lowest BCUT2D eigenvalue weighted by atomic mass is 9.93. The van der Waals surface area contributed by atoms with Crippen LogP contribution in [-0.2, 0) is 0 Å². The first-order valence-corrected chi connectivity index (χ1v) is 16.1. The summed E-state index contributed by atoms with van der Waals surface area (Å²) >= 11 is 0. The first kappa shape index (κ1) is 26.7. The Kier molecular flexibility index (Phi) is 5.84. The van der Waals surface area contributed by atoms with Crippen LogP contribution in [0.1, 0.15) is 0 Å².